The quantitative estimate of drug-likeness (QED) is 0.539. The van der Waals surface area contributed by atoms with Gasteiger partial charge in [-0.2, -0.15) is 4.31 Å². The van der Waals surface area contributed by atoms with Crippen molar-refractivity contribution >= 4 is 31.5 Å². The molecule has 0 bridgehead atoms. The van der Waals surface area contributed by atoms with Crippen LogP contribution >= 0.6 is 11.6 Å². The van der Waals surface area contributed by atoms with Crippen molar-refractivity contribution in [1.29, 1.82) is 0 Å². The SMILES string of the molecule is O=S(=O)(c1ccccc1)C1CCN(S(=O)(=O)c2ccc(-c3ccc(Cl)cc3)cc2)CC1. The number of hydrogen-bond acceptors (Lipinski definition) is 4. The van der Waals surface area contributed by atoms with E-state index in [0.29, 0.717) is 5.02 Å². The lowest BCUT2D eigenvalue weighted by atomic mass is 10.1. The zero-order chi connectivity index (χ0) is 22.1. The van der Waals surface area contributed by atoms with Gasteiger partial charge in [0.2, 0.25) is 10.0 Å². The monoisotopic (exact) mass is 475 g/mol. The third kappa shape index (κ3) is 4.55. The van der Waals surface area contributed by atoms with Gasteiger partial charge in [0.05, 0.1) is 15.0 Å². The molecule has 1 fully saturated rings. The molecule has 0 amide bonds. The number of sulfonamides is 1. The average Bonchev–Trinajstić information content (AvgIpc) is 2.80. The third-order valence-electron chi connectivity index (χ3n) is 5.58. The Kier molecular flexibility index (Phi) is 6.21. The molecule has 0 saturated carbocycles. The molecule has 162 valence electrons. The molecule has 0 aromatic heterocycles. The number of rotatable bonds is 5. The highest BCUT2D eigenvalue weighted by Crippen LogP contribution is 2.29. The number of halogens is 1. The molecule has 31 heavy (non-hydrogen) atoms. The maximum atomic E-state index is 13.1. The summed E-state index contributed by atoms with van der Waals surface area (Å²) < 4.78 is 53.2. The molecular weight excluding hydrogens is 454 g/mol. The van der Waals surface area contributed by atoms with Gasteiger partial charge in [-0.15, -0.1) is 0 Å². The fourth-order valence-electron chi connectivity index (χ4n) is 3.80. The smallest absolute Gasteiger partial charge is 0.223 e. The molecule has 0 radical (unpaired) electrons. The largest absolute Gasteiger partial charge is 0.243 e. The van der Waals surface area contributed by atoms with Crippen LogP contribution in [-0.2, 0) is 19.9 Å². The third-order valence-corrected chi connectivity index (χ3v) is 10.0. The van der Waals surface area contributed by atoms with Gasteiger partial charge in [0, 0.05) is 18.1 Å². The van der Waals surface area contributed by atoms with E-state index in [4.69, 9.17) is 11.6 Å². The fraction of sp³-hybridized carbons (Fsp3) is 0.217. The van der Waals surface area contributed by atoms with E-state index >= 15 is 0 Å². The van der Waals surface area contributed by atoms with Crippen LogP contribution < -0.4 is 0 Å². The first kappa shape index (κ1) is 22.0. The molecule has 0 aliphatic carbocycles. The van der Waals surface area contributed by atoms with Crippen LogP contribution in [0.15, 0.2) is 88.7 Å². The Labute approximate surface area is 188 Å². The van der Waals surface area contributed by atoms with Gasteiger partial charge in [0.25, 0.3) is 0 Å². The van der Waals surface area contributed by atoms with E-state index in [9.17, 15) is 16.8 Å². The highest BCUT2D eigenvalue weighted by molar-refractivity contribution is 7.92. The summed E-state index contributed by atoms with van der Waals surface area (Å²) in [5, 5.41) is 0.0641. The van der Waals surface area contributed by atoms with Crippen LogP contribution in [0.3, 0.4) is 0 Å². The van der Waals surface area contributed by atoms with Crippen LogP contribution in [-0.4, -0.2) is 39.5 Å². The van der Waals surface area contributed by atoms with E-state index in [1.807, 2.05) is 12.1 Å². The van der Waals surface area contributed by atoms with Crippen molar-refractivity contribution in [3.8, 4) is 11.1 Å². The molecule has 1 aliphatic rings. The molecule has 1 aliphatic heterocycles. The van der Waals surface area contributed by atoms with E-state index < -0.39 is 25.1 Å². The van der Waals surface area contributed by atoms with Gasteiger partial charge in [0.15, 0.2) is 9.84 Å². The maximum absolute atomic E-state index is 13.1. The summed E-state index contributed by atoms with van der Waals surface area (Å²) in [6.45, 7) is 0.357. The van der Waals surface area contributed by atoms with Crippen molar-refractivity contribution < 1.29 is 16.8 Å². The predicted octanol–water partition coefficient (Wildman–Crippen LogP) is 4.63. The molecule has 0 unspecified atom stereocenters. The van der Waals surface area contributed by atoms with E-state index in [1.54, 1.807) is 66.7 Å². The Morgan fingerprint density at radius 1 is 0.677 bits per heavy atom. The highest BCUT2D eigenvalue weighted by Gasteiger charge is 2.35. The predicted molar refractivity (Wildman–Crippen MR) is 122 cm³/mol. The highest BCUT2D eigenvalue weighted by atomic mass is 35.5. The second-order valence-electron chi connectivity index (χ2n) is 7.49. The summed E-state index contributed by atoms with van der Waals surface area (Å²) in [5.41, 5.74) is 1.84. The maximum Gasteiger partial charge on any atom is 0.243 e. The summed E-state index contributed by atoms with van der Waals surface area (Å²) in [4.78, 5) is 0.490. The Bertz CT molecular complexity index is 1250. The molecule has 0 N–H and O–H groups in total. The minimum absolute atomic E-state index is 0.179. The lowest BCUT2D eigenvalue weighted by Gasteiger charge is -2.31. The molecule has 5 nitrogen and oxygen atoms in total. The first-order chi connectivity index (χ1) is 14.8. The van der Waals surface area contributed by atoms with Gasteiger partial charge >= 0.3 is 0 Å². The summed E-state index contributed by atoms with van der Waals surface area (Å²) in [6.07, 6.45) is 0.554. The Morgan fingerprint density at radius 3 is 1.74 bits per heavy atom. The molecule has 8 heteroatoms. The first-order valence-electron chi connectivity index (χ1n) is 9.93. The first-order valence-corrected chi connectivity index (χ1v) is 13.3. The van der Waals surface area contributed by atoms with Gasteiger partial charge in [-0.25, -0.2) is 16.8 Å². The van der Waals surface area contributed by atoms with Gasteiger partial charge in [0.1, 0.15) is 0 Å². The number of nitrogens with zero attached hydrogens (tertiary/aromatic N) is 1. The zero-order valence-corrected chi connectivity index (χ0v) is 19.1. The molecule has 1 saturated heterocycles. The minimum atomic E-state index is -3.68. The second-order valence-corrected chi connectivity index (χ2v) is 12.1. The zero-order valence-electron chi connectivity index (χ0n) is 16.7. The Hall–Kier alpha value is -2.19. The van der Waals surface area contributed by atoms with E-state index in [0.717, 1.165) is 11.1 Å². The lowest BCUT2D eigenvalue weighted by Crippen LogP contribution is -2.42. The van der Waals surface area contributed by atoms with E-state index in [1.165, 1.54) is 4.31 Å². The van der Waals surface area contributed by atoms with Crippen LogP contribution in [0.2, 0.25) is 5.02 Å². The number of sulfone groups is 1. The molecule has 1 heterocycles. The lowest BCUT2D eigenvalue weighted by molar-refractivity contribution is 0.345. The topological polar surface area (TPSA) is 71.5 Å². The molecule has 0 spiro atoms. The van der Waals surface area contributed by atoms with Gasteiger partial charge in [-0.3, -0.25) is 0 Å². The summed E-state index contributed by atoms with van der Waals surface area (Å²) in [7, 11) is -7.15. The van der Waals surface area contributed by atoms with Crippen LogP contribution in [0.5, 0.6) is 0 Å². The second kappa shape index (κ2) is 8.74. The van der Waals surface area contributed by atoms with Crippen molar-refractivity contribution in [3.05, 3.63) is 83.9 Å². The van der Waals surface area contributed by atoms with Gasteiger partial charge in [-0.1, -0.05) is 54.1 Å². The normalized spacial score (nSPS) is 16.3. The van der Waals surface area contributed by atoms with Crippen molar-refractivity contribution in [2.45, 2.75) is 27.9 Å². The van der Waals surface area contributed by atoms with Crippen molar-refractivity contribution in [3.63, 3.8) is 0 Å². The standard InChI is InChI=1S/C23H22ClNO4S2/c24-20-10-6-18(7-11-20)19-8-12-23(13-9-19)31(28,29)25-16-14-22(15-17-25)30(26,27)21-4-2-1-3-5-21/h1-13,22H,14-17H2. The Balaban J connectivity index is 1.47. The van der Waals surface area contributed by atoms with Crippen molar-refractivity contribution in [1.82, 2.24) is 4.31 Å². The van der Waals surface area contributed by atoms with Crippen molar-refractivity contribution in [2.75, 3.05) is 13.1 Å². The molecular formula is C23H22ClNO4S2. The van der Waals surface area contributed by atoms with Crippen LogP contribution in [0.1, 0.15) is 12.8 Å². The van der Waals surface area contributed by atoms with Crippen molar-refractivity contribution in [2.24, 2.45) is 0 Å². The Morgan fingerprint density at radius 2 is 1.19 bits per heavy atom. The van der Waals surface area contributed by atoms with Gasteiger partial charge in [-0.05, 0) is 60.4 Å². The summed E-state index contributed by atoms with van der Waals surface area (Å²) in [6, 6.07) is 22.4. The summed E-state index contributed by atoms with van der Waals surface area (Å²) >= 11 is 5.92. The van der Waals surface area contributed by atoms with E-state index in [2.05, 4.69) is 0 Å². The van der Waals surface area contributed by atoms with E-state index in [-0.39, 0.29) is 35.7 Å². The fourth-order valence-corrected chi connectivity index (χ4v) is 7.14. The molecule has 0 atom stereocenters. The van der Waals surface area contributed by atoms with Gasteiger partial charge < -0.3 is 0 Å². The molecule has 4 rings (SSSR count). The molecule has 3 aromatic carbocycles. The molecule has 3 aromatic rings. The summed E-state index contributed by atoms with van der Waals surface area (Å²) in [5.74, 6) is 0. The number of benzene rings is 3. The number of hydrogen-bond donors (Lipinski definition) is 0. The average molecular weight is 476 g/mol. The van der Waals surface area contributed by atoms with Crippen LogP contribution in [0.25, 0.3) is 11.1 Å². The number of piperidine rings is 1. The van der Waals surface area contributed by atoms with Crippen LogP contribution in [0, 0.1) is 0 Å². The minimum Gasteiger partial charge on any atom is -0.223 e. The van der Waals surface area contributed by atoms with Crippen LogP contribution in [0.4, 0.5) is 0 Å².